The molecular weight excluding hydrogens is 306 g/mol. The minimum atomic E-state index is -0.427. The molecule has 0 saturated carbocycles. The van der Waals surface area contributed by atoms with Crippen molar-refractivity contribution in [1.82, 2.24) is 4.98 Å². The van der Waals surface area contributed by atoms with Crippen molar-refractivity contribution in [1.29, 1.82) is 0 Å². The highest BCUT2D eigenvalue weighted by molar-refractivity contribution is 6.03. The van der Waals surface area contributed by atoms with Gasteiger partial charge in [0.1, 0.15) is 18.1 Å². The summed E-state index contributed by atoms with van der Waals surface area (Å²) in [6.45, 7) is 0.0857. The van der Waals surface area contributed by atoms with E-state index in [9.17, 15) is 4.79 Å². The molecule has 0 bridgehead atoms. The second kappa shape index (κ2) is 7.00. The van der Waals surface area contributed by atoms with Crippen LogP contribution in [-0.2, 0) is 11.3 Å². The van der Waals surface area contributed by atoms with Crippen LogP contribution < -0.4 is 9.47 Å². The van der Waals surface area contributed by atoms with E-state index in [1.807, 2.05) is 24.3 Å². The lowest BCUT2D eigenvalue weighted by Gasteiger charge is -2.11. The van der Waals surface area contributed by atoms with Gasteiger partial charge < -0.3 is 14.2 Å². The SMILES string of the molecule is COc1ccc(OC)c(COC(=O)c2cncc3ccccc23)c1. The van der Waals surface area contributed by atoms with Gasteiger partial charge in [-0.05, 0) is 23.6 Å². The van der Waals surface area contributed by atoms with Gasteiger partial charge in [0, 0.05) is 23.3 Å². The molecule has 0 fully saturated rings. The van der Waals surface area contributed by atoms with Crippen molar-refractivity contribution in [3.8, 4) is 11.5 Å². The number of nitrogens with zero attached hydrogens (tertiary/aromatic N) is 1. The maximum Gasteiger partial charge on any atom is 0.340 e. The molecule has 122 valence electrons. The van der Waals surface area contributed by atoms with Gasteiger partial charge in [0.25, 0.3) is 0 Å². The van der Waals surface area contributed by atoms with E-state index < -0.39 is 5.97 Å². The van der Waals surface area contributed by atoms with Gasteiger partial charge >= 0.3 is 5.97 Å². The molecule has 5 heteroatoms. The molecule has 3 aromatic rings. The van der Waals surface area contributed by atoms with E-state index in [1.54, 1.807) is 38.6 Å². The molecule has 24 heavy (non-hydrogen) atoms. The van der Waals surface area contributed by atoms with Crippen LogP contribution in [0.5, 0.6) is 11.5 Å². The Labute approximate surface area is 139 Å². The Kier molecular flexibility index (Phi) is 4.61. The molecule has 1 heterocycles. The second-order valence-electron chi connectivity index (χ2n) is 5.16. The van der Waals surface area contributed by atoms with E-state index in [0.717, 1.165) is 16.3 Å². The molecule has 0 unspecified atom stereocenters. The standard InChI is InChI=1S/C19H17NO4/c1-22-15-7-8-18(23-2)14(9-15)12-24-19(21)17-11-20-10-13-5-3-4-6-16(13)17/h3-11H,12H2,1-2H3. The molecule has 0 atom stereocenters. The Morgan fingerprint density at radius 1 is 1.04 bits per heavy atom. The van der Waals surface area contributed by atoms with Crippen LogP contribution in [0, 0.1) is 0 Å². The van der Waals surface area contributed by atoms with Crippen LogP contribution in [0.4, 0.5) is 0 Å². The van der Waals surface area contributed by atoms with E-state index in [-0.39, 0.29) is 6.61 Å². The van der Waals surface area contributed by atoms with E-state index in [1.165, 1.54) is 6.20 Å². The van der Waals surface area contributed by atoms with Crippen LogP contribution >= 0.6 is 0 Å². The van der Waals surface area contributed by atoms with E-state index in [2.05, 4.69) is 4.98 Å². The fourth-order valence-corrected chi connectivity index (χ4v) is 2.49. The molecular formula is C19H17NO4. The molecule has 0 N–H and O–H groups in total. The van der Waals surface area contributed by atoms with E-state index >= 15 is 0 Å². The summed E-state index contributed by atoms with van der Waals surface area (Å²) in [7, 11) is 3.15. The maximum absolute atomic E-state index is 12.5. The molecule has 3 rings (SSSR count). The Morgan fingerprint density at radius 3 is 2.67 bits per heavy atom. The number of pyridine rings is 1. The first-order valence-corrected chi connectivity index (χ1v) is 7.43. The fourth-order valence-electron chi connectivity index (χ4n) is 2.49. The predicted octanol–water partition coefficient (Wildman–Crippen LogP) is 3.61. The van der Waals surface area contributed by atoms with Gasteiger partial charge in [-0.15, -0.1) is 0 Å². The molecule has 0 amide bonds. The van der Waals surface area contributed by atoms with Crippen molar-refractivity contribution in [2.45, 2.75) is 6.61 Å². The minimum absolute atomic E-state index is 0.0857. The molecule has 0 aliphatic carbocycles. The summed E-state index contributed by atoms with van der Waals surface area (Å²) in [6, 6.07) is 12.9. The van der Waals surface area contributed by atoms with Crippen LogP contribution in [0.15, 0.2) is 54.9 Å². The zero-order valence-corrected chi connectivity index (χ0v) is 13.5. The van der Waals surface area contributed by atoms with Gasteiger partial charge in [-0.3, -0.25) is 4.98 Å². The van der Waals surface area contributed by atoms with Crippen LogP contribution in [0.3, 0.4) is 0 Å². The van der Waals surface area contributed by atoms with Crippen molar-refractivity contribution >= 4 is 16.7 Å². The molecule has 0 spiro atoms. The smallest absolute Gasteiger partial charge is 0.340 e. The van der Waals surface area contributed by atoms with Crippen LogP contribution in [0.25, 0.3) is 10.8 Å². The third-order valence-corrected chi connectivity index (χ3v) is 3.73. The Bertz CT molecular complexity index is 871. The molecule has 5 nitrogen and oxygen atoms in total. The highest BCUT2D eigenvalue weighted by Crippen LogP contribution is 2.25. The number of hydrogen-bond donors (Lipinski definition) is 0. The minimum Gasteiger partial charge on any atom is -0.497 e. The van der Waals surface area contributed by atoms with Crippen molar-refractivity contribution < 1.29 is 19.0 Å². The largest absolute Gasteiger partial charge is 0.497 e. The number of fused-ring (bicyclic) bond motifs is 1. The number of esters is 1. The summed E-state index contributed by atoms with van der Waals surface area (Å²) in [6.07, 6.45) is 3.24. The van der Waals surface area contributed by atoms with Crippen molar-refractivity contribution in [2.75, 3.05) is 14.2 Å². The van der Waals surface area contributed by atoms with Gasteiger partial charge in [0.15, 0.2) is 0 Å². The molecule has 0 radical (unpaired) electrons. The number of aromatic nitrogens is 1. The fraction of sp³-hybridized carbons (Fsp3) is 0.158. The summed E-state index contributed by atoms with van der Waals surface area (Å²) in [5, 5.41) is 1.71. The van der Waals surface area contributed by atoms with Crippen LogP contribution in [0.2, 0.25) is 0 Å². The first kappa shape index (κ1) is 15.8. The number of methoxy groups -OCH3 is 2. The number of carbonyl (C=O) groups is 1. The molecule has 2 aromatic carbocycles. The van der Waals surface area contributed by atoms with Crippen LogP contribution in [-0.4, -0.2) is 25.2 Å². The Hall–Kier alpha value is -3.08. The number of ether oxygens (including phenoxy) is 3. The summed E-state index contributed by atoms with van der Waals surface area (Å²) in [5.74, 6) is 0.887. The summed E-state index contributed by atoms with van der Waals surface area (Å²) in [4.78, 5) is 16.6. The van der Waals surface area contributed by atoms with Gasteiger partial charge in [-0.2, -0.15) is 0 Å². The van der Waals surface area contributed by atoms with Gasteiger partial charge in [-0.25, -0.2) is 4.79 Å². The predicted molar refractivity (Wildman–Crippen MR) is 90.4 cm³/mol. The quantitative estimate of drug-likeness (QED) is 0.671. The first-order chi connectivity index (χ1) is 11.7. The average molecular weight is 323 g/mol. The highest BCUT2D eigenvalue weighted by atomic mass is 16.5. The Morgan fingerprint density at radius 2 is 1.88 bits per heavy atom. The lowest BCUT2D eigenvalue weighted by molar-refractivity contribution is 0.0472. The number of benzene rings is 2. The number of carbonyl (C=O) groups excluding carboxylic acids is 1. The van der Waals surface area contributed by atoms with Crippen molar-refractivity contribution in [3.05, 3.63) is 66.0 Å². The van der Waals surface area contributed by atoms with Crippen molar-refractivity contribution in [2.24, 2.45) is 0 Å². The third kappa shape index (κ3) is 3.15. The zero-order valence-electron chi connectivity index (χ0n) is 13.5. The van der Waals surface area contributed by atoms with Crippen LogP contribution in [0.1, 0.15) is 15.9 Å². The maximum atomic E-state index is 12.5. The number of rotatable bonds is 5. The summed E-state index contributed by atoms with van der Waals surface area (Å²) >= 11 is 0. The molecule has 0 aliphatic rings. The molecule has 1 aromatic heterocycles. The second-order valence-corrected chi connectivity index (χ2v) is 5.16. The normalized spacial score (nSPS) is 10.4. The third-order valence-electron chi connectivity index (χ3n) is 3.73. The molecule has 0 aliphatic heterocycles. The lowest BCUT2D eigenvalue weighted by atomic mass is 10.1. The zero-order chi connectivity index (χ0) is 16.9. The van der Waals surface area contributed by atoms with Gasteiger partial charge in [-0.1, -0.05) is 24.3 Å². The van der Waals surface area contributed by atoms with Gasteiger partial charge in [0.05, 0.1) is 19.8 Å². The Balaban J connectivity index is 1.83. The topological polar surface area (TPSA) is 57.7 Å². The monoisotopic (exact) mass is 323 g/mol. The molecule has 0 saturated heterocycles. The summed E-state index contributed by atoms with van der Waals surface area (Å²) in [5.41, 5.74) is 1.17. The van der Waals surface area contributed by atoms with E-state index in [0.29, 0.717) is 17.1 Å². The average Bonchev–Trinajstić information content (AvgIpc) is 2.65. The number of hydrogen-bond acceptors (Lipinski definition) is 5. The van der Waals surface area contributed by atoms with Crippen molar-refractivity contribution in [3.63, 3.8) is 0 Å². The van der Waals surface area contributed by atoms with Gasteiger partial charge in [0.2, 0.25) is 0 Å². The lowest BCUT2D eigenvalue weighted by Crippen LogP contribution is -2.07. The first-order valence-electron chi connectivity index (χ1n) is 7.43. The summed E-state index contributed by atoms with van der Waals surface area (Å²) < 4.78 is 15.9. The van der Waals surface area contributed by atoms with E-state index in [4.69, 9.17) is 14.2 Å². The highest BCUT2D eigenvalue weighted by Gasteiger charge is 2.14.